The van der Waals surface area contributed by atoms with E-state index < -0.39 is 0 Å². The second-order valence-electron chi connectivity index (χ2n) is 9.66. The van der Waals surface area contributed by atoms with Gasteiger partial charge in [0, 0.05) is 10.4 Å². The molecule has 1 aromatic carbocycles. The van der Waals surface area contributed by atoms with E-state index in [2.05, 4.69) is 39.9 Å². The summed E-state index contributed by atoms with van der Waals surface area (Å²) < 4.78 is 10.8. The third-order valence-electron chi connectivity index (χ3n) is 6.60. The van der Waals surface area contributed by atoms with Crippen LogP contribution in [0.3, 0.4) is 0 Å². The van der Waals surface area contributed by atoms with E-state index in [-0.39, 0.29) is 17.3 Å². The molecule has 1 aliphatic carbocycles. The number of rotatable bonds is 8. The van der Waals surface area contributed by atoms with E-state index in [0.29, 0.717) is 34.6 Å². The predicted molar refractivity (Wildman–Crippen MR) is 130 cm³/mol. The molecule has 0 spiro atoms. The van der Waals surface area contributed by atoms with E-state index in [4.69, 9.17) is 9.47 Å². The first kappa shape index (κ1) is 24.3. The Morgan fingerprint density at radius 2 is 1.91 bits per heavy atom. The van der Waals surface area contributed by atoms with Gasteiger partial charge in [-0.3, -0.25) is 4.79 Å². The minimum absolute atomic E-state index is 0.241. The maximum absolute atomic E-state index is 12.9. The minimum Gasteiger partial charge on any atom is -0.493 e. The van der Waals surface area contributed by atoms with Gasteiger partial charge in [0.05, 0.1) is 19.3 Å². The first-order valence-electron chi connectivity index (χ1n) is 11.4. The average molecular weight is 458 g/mol. The van der Waals surface area contributed by atoms with Crippen LogP contribution in [0.5, 0.6) is 5.75 Å². The van der Waals surface area contributed by atoms with Crippen LogP contribution < -0.4 is 10.1 Å². The Morgan fingerprint density at radius 1 is 1.22 bits per heavy atom. The number of carbonyl (C=O) groups excluding carboxylic acids is 2. The molecule has 1 amide bonds. The number of carbonyl (C=O) groups is 2. The van der Waals surface area contributed by atoms with Crippen molar-refractivity contribution in [2.75, 3.05) is 19.0 Å². The fourth-order valence-electron chi connectivity index (χ4n) is 4.09. The molecule has 3 rings (SSSR count). The highest BCUT2D eigenvalue weighted by atomic mass is 32.1. The maximum atomic E-state index is 12.9. The van der Waals surface area contributed by atoms with Crippen LogP contribution in [0.2, 0.25) is 0 Å². The van der Waals surface area contributed by atoms with Gasteiger partial charge in [-0.15, -0.1) is 11.3 Å². The monoisotopic (exact) mass is 457 g/mol. The van der Waals surface area contributed by atoms with Crippen molar-refractivity contribution >= 4 is 28.2 Å². The van der Waals surface area contributed by atoms with Gasteiger partial charge in [0.1, 0.15) is 10.8 Å². The molecular weight excluding hydrogens is 422 g/mol. The van der Waals surface area contributed by atoms with E-state index in [1.807, 2.05) is 0 Å². The maximum Gasteiger partial charge on any atom is 0.341 e. The summed E-state index contributed by atoms with van der Waals surface area (Å²) in [6.07, 6.45) is 3.92. The molecule has 1 aliphatic rings. The summed E-state index contributed by atoms with van der Waals surface area (Å²) in [4.78, 5) is 26.7. The number of methoxy groups -OCH3 is 1. The fourth-order valence-corrected chi connectivity index (χ4v) is 5.40. The Balaban J connectivity index is 1.82. The summed E-state index contributed by atoms with van der Waals surface area (Å²) in [7, 11) is 1.39. The summed E-state index contributed by atoms with van der Waals surface area (Å²) in [5, 5.41) is 3.56. The Bertz CT molecular complexity index is 959. The number of hydrogen-bond acceptors (Lipinski definition) is 5. The molecule has 0 saturated heterocycles. The number of ether oxygens (including phenoxy) is 2. The van der Waals surface area contributed by atoms with Gasteiger partial charge >= 0.3 is 5.97 Å². The standard InChI is InChI=1S/C26H35NO4S/c1-7-26(4,5)18-10-13-20-21(14-18)32-24(22(20)25(29)30-6)27-23(28)17-8-11-19(12-9-17)31-15-16(2)3/h8-9,11-12,16,18H,7,10,13-15H2,1-6H3,(H,27,28)/t18-/m0/s1. The van der Waals surface area contributed by atoms with Crippen molar-refractivity contribution in [3.63, 3.8) is 0 Å². The number of hydrogen-bond donors (Lipinski definition) is 1. The highest BCUT2D eigenvalue weighted by Crippen LogP contribution is 2.45. The van der Waals surface area contributed by atoms with Gasteiger partial charge in [-0.25, -0.2) is 4.79 Å². The van der Waals surface area contributed by atoms with Crippen molar-refractivity contribution in [1.29, 1.82) is 0 Å². The Kier molecular flexibility index (Phi) is 7.65. The van der Waals surface area contributed by atoms with E-state index in [1.54, 1.807) is 24.3 Å². The first-order valence-corrected chi connectivity index (χ1v) is 12.2. The Hall–Kier alpha value is -2.34. The van der Waals surface area contributed by atoms with E-state index in [9.17, 15) is 9.59 Å². The SMILES string of the molecule is CCC(C)(C)[C@H]1CCc2c(sc(NC(=O)c3ccc(OCC(C)C)cc3)c2C(=O)OC)C1. The van der Waals surface area contributed by atoms with Crippen molar-refractivity contribution in [3.8, 4) is 5.75 Å². The lowest BCUT2D eigenvalue weighted by Gasteiger charge is -2.36. The van der Waals surface area contributed by atoms with E-state index in [1.165, 1.54) is 23.3 Å². The molecule has 174 valence electrons. The molecule has 6 heteroatoms. The van der Waals surface area contributed by atoms with E-state index >= 15 is 0 Å². The lowest BCUT2D eigenvalue weighted by Crippen LogP contribution is -2.28. The van der Waals surface area contributed by atoms with Crippen LogP contribution in [-0.4, -0.2) is 25.6 Å². The van der Waals surface area contributed by atoms with Crippen LogP contribution in [0.15, 0.2) is 24.3 Å². The van der Waals surface area contributed by atoms with Crippen LogP contribution in [-0.2, 0) is 17.6 Å². The molecule has 0 bridgehead atoms. The van der Waals surface area contributed by atoms with Crippen molar-refractivity contribution < 1.29 is 19.1 Å². The minimum atomic E-state index is -0.386. The quantitative estimate of drug-likeness (QED) is 0.468. The lowest BCUT2D eigenvalue weighted by molar-refractivity contribution is 0.0600. The molecule has 2 aromatic rings. The van der Waals surface area contributed by atoms with Gasteiger partial charge < -0.3 is 14.8 Å². The van der Waals surface area contributed by atoms with Gasteiger partial charge in [0.25, 0.3) is 5.91 Å². The van der Waals surface area contributed by atoms with Crippen LogP contribution in [0.4, 0.5) is 5.00 Å². The molecular formula is C26H35NO4S. The molecule has 1 aromatic heterocycles. The highest BCUT2D eigenvalue weighted by molar-refractivity contribution is 7.17. The summed E-state index contributed by atoms with van der Waals surface area (Å²) in [6.45, 7) is 11.7. The van der Waals surface area contributed by atoms with Crippen LogP contribution >= 0.6 is 11.3 Å². The van der Waals surface area contributed by atoms with E-state index in [0.717, 1.165) is 37.0 Å². The van der Waals surface area contributed by atoms with Gasteiger partial charge in [-0.2, -0.15) is 0 Å². The highest BCUT2D eigenvalue weighted by Gasteiger charge is 2.35. The van der Waals surface area contributed by atoms with Gasteiger partial charge in [-0.1, -0.05) is 41.0 Å². The molecule has 0 fully saturated rings. The largest absolute Gasteiger partial charge is 0.493 e. The number of benzene rings is 1. The normalized spacial score (nSPS) is 15.9. The topological polar surface area (TPSA) is 64.6 Å². The van der Waals surface area contributed by atoms with Crippen LogP contribution in [0.25, 0.3) is 0 Å². The van der Waals surface area contributed by atoms with Crippen molar-refractivity contribution in [1.82, 2.24) is 0 Å². The number of amides is 1. The zero-order chi connectivity index (χ0) is 23.5. The molecule has 1 heterocycles. The van der Waals surface area contributed by atoms with Crippen LogP contribution in [0.1, 0.15) is 78.6 Å². The molecule has 0 aliphatic heterocycles. The van der Waals surface area contributed by atoms with Crippen molar-refractivity contribution in [3.05, 3.63) is 45.8 Å². The average Bonchev–Trinajstić information content (AvgIpc) is 3.14. The summed E-state index contributed by atoms with van der Waals surface area (Å²) >= 11 is 1.52. The Labute approximate surface area is 195 Å². The molecule has 0 saturated carbocycles. The van der Waals surface area contributed by atoms with Crippen molar-refractivity contribution in [2.45, 2.75) is 60.3 Å². The summed E-state index contributed by atoms with van der Waals surface area (Å²) in [5.74, 6) is 1.10. The number of thiophene rings is 1. The lowest BCUT2D eigenvalue weighted by atomic mass is 9.69. The fraction of sp³-hybridized carbons (Fsp3) is 0.538. The number of nitrogens with one attached hydrogen (secondary N) is 1. The second-order valence-corrected chi connectivity index (χ2v) is 10.8. The zero-order valence-corrected chi connectivity index (χ0v) is 20.9. The first-order chi connectivity index (χ1) is 15.2. The molecule has 1 N–H and O–H groups in total. The van der Waals surface area contributed by atoms with Crippen LogP contribution in [0, 0.1) is 17.3 Å². The number of anilines is 1. The molecule has 5 nitrogen and oxygen atoms in total. The van der Waals surface area contributed by atoms with Gasteiger partial charge in [-0.05, 0) is 66.3 Å². The second kappa shape index (κ2) is 10.1. The van der Waals surface area contributed by atoms with Crippen molar-refractivity contribution in [2.24, 2.45) is 17.3 Å². The molecule has 0 radical (unpaired) electrons. The third kappa shape index (κ3) is 5.34. The van der Waals surface area contributed by atoms with Gasteiger partial charge in [0.2, 0.25) is 0 Å². The zero-order valence-electron chi connectivity index (χ0n) is 20.0. The Morgan fingerprint density at radius 3 is 2.50 bits per heavy atom. The predicted octanol–water partition coefficient (Wildman–Crippen LogP) is 6.36. The molecule has 0 unspecified atom stereocenters. The number of fused-ring (bicyclic) bond motifs is 1. The smallest absolute Gasteiger partial charge is 0.341 e. The third-order valence-corrected chi connectivity index (χ3v) is 7.77. The molecule has 1 atom stereocenters. The summed E-state index contributed by atoms with van der Waals surface area (Å²) in [6, 6.07) is 7.09. The number of esters is 1. The molecule has 32 heavy (non-hydrogen) atoms. The summed E-state index contributed by atoms with van der Waals surface area (Å²) in [5.41, 5.74) is 2.33. The van der Waals surface area contributed by atoms with Gasteiger partial charge in [0.15, 0.2) is 0 Å².